The molecule has 1 saturated carbocycles. The highest BCUT2D eigenvalue weighted by molar-refractivity contribution is 5.95. The molecule has 0 atom stereocenters. The smallest absolute Gasteiger partial charge is 0.231 e. The Morgan fingerprint density at radius 2 is 1.77 bits per heavy atom. The number of amides is 1. The number of hydrogen-bond donors (Lipinski definition) is 2. The highest BCUT2D eigenvalue weighted by Crippen LogP contribution is 2.38. The SMILES string of the molecule is NCC1(C(=O)Nc2cnc(-c3ccccc3)nc2)CCCC1. The summed E-state index contributed by atoms with van der Waals surface area (Å²) in [5.74, 6) is 0.636. The summed E-state index contributed by atoms with van der Waals surface area (Å²) in [6.07, 6.45) is 7.14. The first-order chi connectivity index (χ1) is 10.7. The number of carbonyl (C=O) groups is 1. The molecule has 0 unspecified atom stereocenters. The molecule has 5 nitrogen and oxygen atoms in total. The first-order valence-corrected chi connectivity index (χ1v) is 7.62. The zero-order chi connectivity index (χ0) is 15.4. The van der Waals surface area contributed by atoms with Gasteiger partial charge in [0.15, 0.2) is 5.82 Å². The minimum atomic E-state index is -0.419. The third kappa shape index (κ3) is 2.85. The predicted octanol–water partition coefficient (Wildman–Crippen LogP) is 2.60. The number of nitrogens with zero attached hydrogens (tertiary/aromatic N) is 2. The molecular weight excluding hydrogens is 276 g/mol. The van der Waals surface area contributed by atoms with Crippen molar-refractivity contribution < 1.29 is 4.79 Å². The van der Waals surface area contributed by atoms with Crippen molar-refractivity contribution in [2.24, 2.45) is 11.1 Å². The van der Waals surface area contributed by atoms with Gasteiger partial charge in [0.25, 0.3) is 0 Å². The van der Waals surface area contributed by atoms with Gasteiger partial charge in [-0.25, -0.2) is 9.97 Å². The summed E-state index contributed by atoms with van der Waals surface area (Å²) in [5.41, 5.74) is 6.98. The number of hydrogen-bond acceptors (Lipinski definition) is 4. The van der Waals surface area contributed by atoms with E-state index in [-0.39, 0.29) is 5.91 Å². The van der Waals surface area contributed by atoms with Gasteiger partial charge < -0.3 is 11.1 Å². The molecule has 0 spiro atoms. The molecule has 114 valence electrons. The van der Waals surface area contributed by atoms with Crippen molar-refractivity contribution in [3.8, 4) is 11.4 Å². The molecule has 0 aliphatic heterocycles. The van der Waals surface area contributed by atoms with Crippen LogP contribution in [0.3, 0.4) is 0 Å². The van der Waals surface area contributed by atoms with Crippen LogP contribution in [0.4, 0.5) is 5.69 Å². The van der Waals surface area contributed by atoms with E-state index in [1.165, 1.54) is 0 Å². The van der Waals surface area contributed by atoms with E-state index in [4.69, 9.17) is 5.73 Å². The normalized spacial score (nSPS) is 16.4. The van der Waals surface area contributed by atoms with Crippen LogP contribution in [0.1, 0.15) is 25.7 Å². The first kappa shape index (κ1) is 14.7. The van der Waals surface area contributed by atoms with Crippen LogP contribution in [-0.4, -0.2) is 22.4 Å². The van der Waals surface area contributed by atoms with E-state index >= 15 is 0 Å². The Labute approximate surface area is 130 Å². The van der Waals surface area contributed by atoms with Crippen molar-refractivity contribution in [1.29, 1.82) is 0 Å². The maximum atomic E-state index is 12.5. The van der Waals surface area contributed by atoms with Gasteiger partial charge in [0.05, 0.1) is 23.5 Å². The van der Waals surface area contributed by atoms with Gasteiger partial charge in [-0.2, -0.15) is 0 Å². The van der Waals surface area contributed by atoms with Crippen LogP contribution in [0.2, 0.25) is 0 Å². The maximum Gasteiger partial charge on any atom is 0.231 e. The Kier molecular flexibility index (Phi) is 4.15. The molecule has 22 heavy (non-hydrogen) atoms. The summed E-state index contributed by atoms with van der Waals surface area (Å²) in [6, 6.07) is 9.75. The summed E-state index contributed by atoms with van der Waals surface area (Å²) in [5, 5.41) is 2.91. The third-order valence-electron chi connectivity index (χ3n) is 4.37. The van der Waals surface area contributed by atoms with Gasteiger partial charge in [0.1, 0.15) is 0 Å². The standard InChI is InChI=1S/C17H20N4O/c18-12-17(8-4-5-9-17)16(22)21-14-10-19-15(20-11-14)13-6-2-1-3-7-13/h1-3,6-7,10-11H,4-5,8-9,12,18H2,(H,21,22). The minimum absolute atomic E-state index is 0.0106. The maximum absolute atomic E-state index is 12.5. The van der Waals surface area contributed by atoms with E-state index in [9.17, 15) is 4.79 Å². The van der Waals surface area contributed by atoms with Crippen LogP contribution in [0.5, 0.6) is 0 Å². The molecule has 3 N–H and O–H groups in total. The quantitative estimate of drug-likeness (QED) is 0.908. The lowest BCUT2D eigenvalue weighted by Crippen LogP contribution is -2.40. The van der Waals surface area contributed by atoms with Crippen LogP contribution in [0, 0.1) is 5.41 Å². The fourth-order valence-electron chi connectivity index (χ4n) is 2.97. The molecule has 1 heterocycles. The number of anilines is 1. The number of nitrogens with two attached hydrogens (primary N) is 1. The molecule has 1 aliphatic rings. The molecule has 1 aromatic heterocycles. The average molecular weight is 296 g/mol. The molecule has 1 aromatic carbocycles. The molecule has 0 radical (unpaired) electrons. The number of nitrogens with one attached hydrogen (secondary N) is 1. The summed E-state index contributed by atoms with van der Waals surface area (Å²) < 4.78 is 0. The van der Waals surface area contributed by atoms with E-state index in [2.05, 4.69) is 15.3 Å². The van der Waals surface area contributed by atoms with Gasteiger partial charge in [0, 0.05) is 12.1 Å². The van der Waals surface area contributed by atoms with Crippen molar-refractivity contribution in [1.82, 2.24) is 9.97 Å². The lowest BCUT2D eigenvalue weighted by Gasteiger charge is -2.25. The van der Waals surface area contributed by atoms with Crippen molar-refractivity contribution in [3.63, 3.8) is 0 Å². The fourth-order valence-corrected chi connectivity index (χ4v) is 2.97. The second-order valence-electron chi connectivity index (χ2n) is 5.81. The zero-order valence-electron chi connectivity index (χ0n) is 12.5. The Balaban J connectivity index is 1.72. The second kappa shape index (κ2) is 6.23. The van der Waals surface area contributed by atoms with Crippen LogP contribution >= 0.6 is 0 Å². The summed E-state index contributed by atoms with van der Waals surface area (Å²) in [7, 11) is 0. The van der Waals surface area contributed by atoms with Crippen molar-refractivity contribution in [2.45, 2.75) is 25.7 Å². The first-order valence-electron chi connectivity index (χ1n) is 7.62. The van der Waals surface area contributed by atoms with E-state index in [1.807, 2.05) is 30.3 Å². The Bertz CT molecular complexity index is 633. The number of rotatable bonds is 4. The van der Waals surface area contributed by atoms with E-state index in [0.717, 1.165) is 31.2 Å². The summed E-state index contributed by atoms with van der Waals surface area (Å²) in [4.78, 5) is 21.1. The van der Waals surface area contributed by atoms with Gasteiger partial charge in [-0.05, 0) is 12.8 Å². The van der Waals surface area contributed by atoms with E-state index in [0.29, 0.717) is 18.1 Å². The minimum Gasteiger partial charge on any atom is -0.329 e. The second-order valence-corrected chi connectivity index (χ2v) is 5.81. The van der Waals surface area contributed by atoms with Crippen LogP contribution < -0.4 is 11.1 Å². The van der Waals surface area contributed by atoms with Crippen LogP contribution in [0.15, 0.2) is 42.7 Å². The summed E-state index contributed by atoms with van der Waals surface area (Å²) in [6.45, 7) is 0.391. The largest absolute Gasteiger partial charge is 0.329 e. The van der Waals surface area contributed by atoms with Crippen LogP contribution in [-0.2, 0) is 4.79 Å². The van der Waals surface area contributed by atoms with Gasteiger partial charge in [0.2, 0.25) is 5.91 Å². The monoisotopic (exact) mass is 296 g/mol. The lowest BCUT2D eigenvalue weighted by molar-refractivity contribution is -0.124. The third-order valence-corrected chi connectivity index (χ3v) is 4.37. The van der Waals surface area contributed by atoms with Crippen molar-refractivity contribution in [2.75, 3.05) is 11.9 Å². The Hall–Kier alpha value is -2.27. The highest BCUT2D eigenvalue weighted by atomic mass is 16.2. The topological polar surface area (TPSA) is 80.9 Å². The van der Waals surface area contributed by atoms with Gasteiger partial charge >= 0.3 is 0 Å². The van der Waals surface area contributed by atoms with Crippen LogP contribution in [0.25, 0.3) is 11.4 Å². The molecule has 1 amide bonds. The average Bonchev–Trinajstić information content (AvgIpc) is 3.07. The van der Waals surface area contributed by atoms with Crippen molar-refractivity contribution >= 4 is 11.6 Å². The molecule has 3 rings (SSSR count). The Morgan fingerprint density at radius 3 is 2.36 bits per heavy atom. The predicted molar refractivity (Wildman–Crippen MR) is 86.1 cm³/mol. The van der Waals surface area contributed by atoms with Gasteiger partial charge in [-0.3, -0.25) is 4.79 Å². The number of aromatic nitrogens is 2. The molecule has 2 aromatic rings. The molecule has 5 heteroatoms. The lowest BCUT2D eigenvalue weighted by atomic mass is 9.85. The Morgan fingerprint density at radius 1 is 1.14 bits per heavy atom. The van der Waals surface area contributed by atoms with Crippen molar-refractivity contribution in [3.05, 3.63) is 42.7 Å². The van der Waals surface area contributed by atoms with E-state index in [1.54, 1.807) is 12.4 Å². The fraction of sp³-hybridized carbons (Fsp3) is 0.353. The summed E-state index contributed by atoms with van der Waals surface area (Å²) >= 11 is 0. The molecule has 1 fully saturated rings. The molecule has 0 saturated heterocycles. The molecular formula is C17H20N4O. The zero-order valence-corrected chi connectivity index (χ0v) is 12.5. The molecule has 1 aliphatic carbocycles. The van der Waals surface area contributed by atoms with Gasteiger partial charge in [-0.1, -0.05) is 43.2 Å². The number of benzene rings is 1. The highest BCUT2D eigenvalue weighted by Gasteiger charge is 2.39. The molecule has 0 bridgehead atoms. The van der Waals surface area contributed by atoms with E-state index < -0.39 is 5.41 Å². The van der Waals surface area contributed by atoms with Gasteiger partial charge in [-0.15, -0.1) is 0 Å². The number of carbonyl (C=O) groups excluding carboxylic acids is 1.